The first-order valence-corrected chi connectivity index (χ1v) is 12.8. The minimum Gasteiger partial charge on any atom is -0.306 e. The van der Waals surface area contributed by atoms with E-state index in [0.717, 1.165) is 29.7 Å². The molecule has 6 nitrogen and oxygen atoms in total. The Morgan fingerprint density at radius 1 is 0.889 bits per heavy atom. The molecule has 7 rings (SSSR count). The topological polar surface area (TPSA) is 60.9 Å². The van der Waals surface area contributed by atoms with Gasteiger partial charge in [-0.1, -0.05) is 66.2 Å². The normalized spacial score (nSPS) is 28.8. The summed E-state index contributed by atoms with van der Waals surface area (Å²) in [6, 6.07) is 24.3. The van der Waals surface area contributed by atoms with Gasteiger partial charge in [0.2, 0.25) is 11.8 Å². The predicted molar refractivity (Wildman–Crippen MR) is 136 cm³/mol. The molecule has 3 amide bonds. The first-order valence-electron chi connectivity index (χ1n) is 12.4. The first-order chi connectivity index (χ1) is 17.5. The molecule has 4 aliphatic heterocycles. The maximum Gasteiger partial charge on any atom is 0.253 e. The molecule has 0 bridgehead atoms. The smallest absolute Gasteiger partial charge is 0.253 e. The van der Waals surface area contributed by atoms with Crippen molar-refractivity contribution in [3.8, 4) is 0 Å². The Balaban J connectivity index is 1.40. The van der Waals surface area contributed by atoms with Crippen molar-refractivity contribution in [1.29, 1.82) is 0 Å². The predicted octanol–water partition coefficient (Wildman–Crippen LogP) is 4.37. The van der Waals surface area contributed by atoms with E-state index < -0.39 is 17.4 Å². The van der Waals surface area contributed by atoms with Gasteiger partial charge in [0.25, 0.3) is 5.91 Å². The van der Waals surface area contributed by atoms with Crippen LogP contribution in [0.5, 0.6) is 0 Å². The molecular weight excluding hydrogens is 474 g/mol. The summed E-state index contributed by atoms with van der Waals surface area (Å²) in [6.07, 6.45) is 1.68. The summed E-state index contributed by atoms with van der Waals surface area (Å²) in [5, 5.41) is 0.457. The van der Waals surface area contributed by atoms with Gasteiger partial charge in [0, 0.05) is 22.3 Å². The Morgan fingerprint density at radius 3 is 2.47 bits per heavy atom. The van der Waals surface area contributed by atoms with Crippen LogP contribution >= 0.6 is 11.6 Å². The summed E-state index contributed by atoms with van der Waals surface area (Å²) in [4.78, 5) is 47.9. The number of rotatable bonds is 3. The molecule has 4 heterocycles. The monoisotopic (exact) mass is 497 g/mol. The fourth-order valence-electron chi connectivity index (χ4n) is 7.13. The third-order valence-electron chi connectivity index (χ3n) is 8.39. The van der Waals surface area contributed by atoms with Crippen LogP contribution in [0, 0.1) is 11.8 Å². The molecule has 0 N–H and O–H groups in total. The largest absolute Gasteiger partial charge is 0.306 e. The molecule has 3 aromatic rings. The molecule has 180 valence electrons. The zero-order valence-electron chi connectivity index (χ0n) is 19.5. The lowest BCUT2D eigenvalue weighted by Gasteiger charge is -2.37. The molecule has 3 fully saturated rings. The molecule has 4 aliphatic rings. The molecule has 0 aliphatic carbocycles. The molecule has 0 aromatic heterocycles. The number of hydrogen-bond donors (Lipinski definition) is 0. The molecule has 0 radical (unpaired) electrons. The number of carbonyl (C=O) groups excluding carboxylic acids is 3. The lowest BCUT2D eigenvalue weighted by atomic mass is 9.75. The highest BCUT2D eigenvalue weighted by atomic mass is 35.5. The highest BCUT2D eigenvalue weighted by Crippen LogP contribution is 2.62. The Labute approximate surface area is 214 Å². The zero-order chi connectivity index (χ0) is 24.6. The quantitative estimate of drug-likeness (QED) is 0.504. The number of anilines is 2. The molecule has 3 aromatic carbocycles. The van der Waals surface area contributed by atoms with Gasteiger partial charge in [0.05, 0.1) is 24.1 Å². The van der Waals surface area contributed by atoms with Crippen LogP contribution in [-0.2, 0) is 26.5 Å². The number of fused-ring (bicyclic) bond motifs is 7. The third kappa shape index (κ3) is 2.69. The number of imide groups is 1. The molecule has 7 heteroatoms. The van der Waals surface area contributed by atoms with Crippen molar-refractivity contribution in [3.63, 3.8) is 0 Å². The minimum atomic E-state index is -1.18. The Bertz CT molecular complexity index is 1430. The van der Waals surface area contributed by atoms with Gasteiger partial charge < -0.3 is 4.90 Å². The number of carbonyl (C=O) groups is 3. The second-order valence-electron chi connectivity index (χ2n) is 10.1. The Morgan fingerprint density at radius 2 is 1.67 bits per heavy atom. The van der Waals surface area contributed by atoms with Gasteiger partial charge in [0.1, 0.15) is 5.54 Å². The van der Waals surface area contributed by atoms with Gasteiger partial charge in [0.15, 0.2) is 0 Å². The molecular formula is C29H24ClN3O3. The summed E-state index contributed by atoms with van der Waals surface area (Å²) >= 11 is 6.22. The average Bonchev–Trinajstić information content (AvgIpc) is 3.59. The summed E-state index contributed by atoms with van der Waals surface area (Å²) < 4.78 is 0. The maximum absolute atomic E-state index is 14.6. The SMILES string of the molecule is O=C1[C@H]2[C@@H](C(=O)N1c1cccc(Cl)c1)[C@@]1(C(=O)N(Cc3ccccc3)c3ccccc31)N1CCC[C@@H]21. The van der Waals surface area contributed by atoms with Crippen LogP contribution in [0.25, 0.3) is 0 Å². The standard InChI is InChI=1S/C29H24ClN3O3/c30-19-10-6-11-20(16-19)33-26(34)24-23-14-7-15-32(23)29(25(24)27(33)35)21-12-4-5-13-22(21)31(28(29)36)17-18-8-2-1-3-9-18/h1-6,8-13,16,23-25H,7,14-15,17H2/t23-,24+,25-,29-/m0/s1. The van der Waals surface area contributed by atoms with Gasteiger partial charge in [-0.3, -0.25) is 19.3 Å². The van der Waals surface area contributed by atoms with E-state index in [2.05, 4.69) is 4.90 Å². The molecule has 36 heavy (non-hydrogen) atoms. The summed E-state index contributed by atoms with van der Waals surface area (Å²) in [5.74, 6) is -1.99. The summed E-state index contributed by atoms with van der Waals surface area (Å²) in [5.41, 5.74) is 1.95. The Hall–Kier alpha value is -3.48. The van der Waals surface area contributed by atoms with Crippen LogP contribution in [0.2, 0.25) is 5.02 Å². The van der Waals surface area contributed by atoms with E-state index >= 15 is 0 Å². The van der Waals surface area contributed by atoms with Crippen molar-refractivity contribution in [2.24, 2.45) is 11.8 Å². The van der Waals surface area contributed by atoms with Crippen LogP contribution in [0.3, 0.4) is 0 Å². The van der Waals surface area contributed by atoms with Crippen LogP contribution in [0.4, 0.5) is 11.4 Å². The number of halogens is 1. The van der Waals surface area contributed by atoms with E-state index in [1.807, 2.05) is 59.5 Å². The fourth-order valence-corrected chi connectivity index (χ4v) is 7.32. The summed E-state index contributed by atoms with van der Waals surface area (Å²) in [6.45, 7) is 1.10. The van der Waals surface area contributed by atoms with E-state index in [1.54, 1.807) is 24.3 Å². The number of hydrogen-bond acceptors (Lipinski definition) is 4. The minimum absolute atomic E-state index is 0.110. The second kappa shape index (κ2) is 7.76. The fraction of sp³-hybridized carbons (Fsp3) is 0.276. The van der Waals surface area contributed by atoms with Crippen molar-refractivity contribution in [1.82, 2.24) is 4.90 Å². The third-order valence-corrected chi connectivity index (χ3v) is 8.63. The van der Waals surface area contributed by atoms with Gasteiger partial charge in [-0.2, -0.15) is 0 Å². The lowest BCUT2D eigenvalue weighted by molar-refractivity contribution is -0.137. The van der Waals surface area contributed by atoms with Gasteiger partial charge in [-0.25, -0.2) is 4.90 Å². The number of amides is 3. The van der Waals surface area contributed by atoms with E-state index in [9.17, 15) is 14.4 Å². The van der Waals surface area contributed by atoms with Crippen LogP contribution in [0.15, 0.2) is 78.9 Å². The van der Waals surface area contributed by atoms with Crippen LogP contribution in [0.1, 0.15) is 24.0 Å². The van der Waals surface area contributed by atoms with Crippen molar-refractivity contribution in [2.45, 2.75) is 31.0 Å². The van der Waals surface area contributed by atoms with Gasteiger partial charge in [-0.05, 0) is 49.2 Å². The van der Waals surface area contributed by atoms with E-state index in [-0.39, 0.29) is 23.8 Å². The van der Waals surface area contributed by atoms with Gasteiger partial charge in [-0.15, -0.1) is 0 Å². The average molecular weight is 498 g/mol. The highest BCUT2D eigenvalue weighted by Gasteiger charge is 2.75. The van der Waals surface area contributed by atoms with Crippen molar-refractivity contribution < 1.29 is 14.4 Å². The highest BCUT2D eigenvalue weighted by molar-refractivity contribution is 6.31. The van der Waals surface area contributed by atoms with E-state index in [1.165, 1.54) is 4.90 Å². The molecule has 1 spiro atoms. The number of benzene rings is 3. The van der Waals surface area contributed by atoms with Crippen LogP contribution < -0.4 is 9.80 Å². The number of nitrogens with zero attached hydrogens (tertiary/aromatic N) is 3. The van der Waals surface area contributed by atoms with Crippen LogP contribution in [-0.4, -0.2) is 35.2 Å². The first kappa shape index (κ1) is 21.8. The molecule has 0 unspecified atom stereocenters. The number of para-hydroxylation sites is 1. The molecule has 0 saturated carbocycles. The summed E-state index contributed by atoms with van der Waals surface area (Å²) in [7, 11) is 0. The van der Waals surface area contributed by atoms with Crippen molar-refractivity contribution in [2.75, 3.05) is 16.3 Å². The van der Waals surface area contributed by atoms with Crippen molar-refractivity contribution in [3.05, 3.63) is 95.0 Å². The molecule has 4 atom stereocenters. The zero-order valence-corrected chi connectivity index (χ0v) is 20.3. The van der Waals surface area contributed by atoms with E-state index in [0.29, 0.717) is 23.8 Å². The lowest BCUT2D eigenvalue weighted by Crippen LogP contribution is -2.55. The molecule has 3 saturated heterocycles. The second-order valence-corrected chi connectivity index (χ2v) is 10.5. The van der Waals surface area contributed by atoms with Gasteiger partial charge >= 0.3 is 0 Å². The Kier molecular flexibility index (Phi) is 4.69. The van der Waals surface area contributed by atoms with E-state index in [4.69, 9.17) is 11.6 Å². The maximum atomic E-state index is 14.6. The van der Waals surface area contributed by atoms with Crippen molar-refractivity contribution >= 4 is 40.7 Å².